The summed E-state index contributed by atoms with van der Waals surface area (Å²) in [6.45, 7) is 1.86. The molecule has 1 aromatic rings. The van der Waals surface area contributed by atoms with Crippen molar-refractivity contribution in [3.63, 3.8) is 0 Å². The van der Waals surface area contributed by atoms with Gasteiger partial charge in [-0.1, -0.05) is 0 Å². The third-order valence-corrected chi connectivity index (χ3v) is 3.24. The molecular weight excluding hydrogens is 271 g/mol. The third-order valence-electron chi connectivity index (χ3n) is 3.24. The Bertz CT molecular complexity index is 429. The SMILES string of the molecule is NNc1ccnc(CN2CCN(CC(F)(F)F)CC2)c1. The molecule has 1 aliphatic heterocycles. The van der Waals surface area contributed by atoms with Crippen LogP contribution in [0.25, 0.3) is 0 Å². The highest BCUT2D eigenvalue weighted by molar-refractivity contribution is 5.41. The summed E-state index contributed by atoms with van der Waals surface area (Å²) >= 11 is 0. The van der Waals surface area contributed by atoms with E-state index in [4.69, 9.17) is 5.84 Å². The normalized spacial score (nSPS) is 18.2. The first-order valence-corrected chi connectivity index (χ1v) is 6.39. The zero-order valence-electron chi connectivity index (χ0n) is 11.0. The number of hydrogen-bond donors (Lipinski definition) is 2. The van der Waals surface area contributed by atoms with E-state index < -0.39 is 12.7 Å². The van der Waals surface area contributed by atoms with Crippen molar-refractivity contribution in [2.45, 2.75) is 12.7 Å². The average molecular weight is 289 g/mol. The number of rotatable bonds is 4. The molecule has 2 heterocycles. The largest absolute Gasteiger partial charge is 0.401 e. The van der Waals surface area contributed by atoms with Gasteiger partial charge in [-0.2, -0.15) is 13.2 Å². The zero-order chi connectivity index (χ0) is 14.6. The monoisotopic (exact) mass is 289 g/mol. The first kappa shape index (κ1) is 15.0. The highest BCUT2D eigenvalue weighted by Gasteiger charge is 2.32. The minimum atomic E-state index is -4.12. The molecule has 0 bridgehead atoms. The lowest BCUT2D eigenvalue weighted by Gasteiger charge is -2.34. The molecule has 0 spiro atoms. The second-order valence-electron chi connectivity index (χ2n) is 4.85. The molecular formula is C12H18F3N5. The van der Waals surface area contributed by atoms with Gasteiger partial charge in [0.2, 0.25) is 0 Å². The van der Waals surface area contributed by atoms with Gasteiger partial charge in [0.05, 0.1) is 17.9 Å². The molecule has 1 saturated heterocycles. The molecule has 0 unspecified atom stereocenters. The van der Waals surface area contributed by atoms with Crippen LogP contribution in [0.3, 0.4) is 0 Å². The van der Waals surface area contributed by atoms with E-state index in [-0.39, 0.29) is 0 Å². The first-order chi connectivity index (χ1) is 9.46. The van der Waals surface area contributed by atoms with Crippen molar-refractivity contribution in [2.24, 2.45) is 5.84 Å². The predicted octanol–water partition coefficient (Wildman–Crippen LogP) is 1.05. The number of alkyl halides is 3. The molecule has 0 aliphatic carbocycles. The lowest BCUT2D eigenvalue weighted by atomic mass is 10.2. The number of anilines is 1. The summed E-state index contributed by atoms with van der Waals surface area (Å²) in [6, 6.07) is 3.59. The Labute approximate surface area is 115 Å². The predicted molar refractivity (Wildman–Crippen MR) is 69.8 cm³/mol. The fourth-order valence-electron chi connectivity index (χ4n) is 2.24. The van der Waals surface area contributed by atoms with E-state index in [1.165, 1.54) is 4.90 Å². The summed E-state index contributed by atoms with van der Waals surface area (Å²) in [5, 5.41) is 0. The summed E-state index contributed by atoms with van der Waals surface area (Å²) < 4.78 is 36.9. The third kappa shape index (κ3) is 4.62. The summed E-state index contributed by atoms with van der Waals surface area (Å²) in [7, 11) is 0. The van der Waals surface area contributed by atoms with Crippen molar-refractivity contribution in [2.75, 3.05) is 38.1 Å². The smallest absolute Gasteiger partial charge is 0.324 e. The Morgan fingerprint density at radius 3 is 2.45 bits per heavy atom. The molecule has 1 aromatic heterocycles. The molecule has 5 nitrogen and oxygen atoms in total. The lowest BCUT2D eigenvalue weighted by Crippen LogP contribution is -2.48. The second kappa shape index (κ2) is 6.38. The van der Waals surface area contributed by atoms with Gasteiger partial charge >= 0.3 is 6.18 Å². The number of aromatic nitrogens is 1. The van der Waals surface area contributed by atoms with E-state index >= 15 is 0 Å². The Balaban J connectivity index is 1.82. The van der Waals surface area contributed by atoms with Gasteiger partial charge in [0.1, 0.15) is 0 Å². The maximum absolute atomic E-state index is 12.3. The molecule has 2 rings (SSSR count). The highest BCUT2D eigenvalue weighted by atomic mass is 19.4. The molecule has 1 aliphatic rings. The van der Waals surface area contributed by atoms with E-state index in [1.807, 2.05) is 6.07 Å². The number of hydrazine groups is 1. The van der Waals surface area contributed by atoms with E-state index in [0.717, 1.165) is 11.4 Å². The average Bonchev–Trinajstić information content (AvgIpc) is 2.40. The van der Waals surface area contributed by atoms with Gasteiger partial charge in [0, 0.05) is 38.9 Å². The molecule has 0 saturated carbocycles. The fourth-order valence-corrected chi connectivity index (χ4v) is 2.24. The lowest BCUT2D eigenvalue weighted by molar-refractivity contribution is -0.149. The van der Waals surface area contributed by atoms with Crippen molar-refractivity contribution in [3.8, 4) is 0 Å². The van der Waals surface area contributed by atoms with Crippen LogP contribution >= 0.6 is 0 Å². The summed E-state index contributed by atoms with van der Waals surface area (Å²) in [5.41, 5.74) is 4.17. The molecule has 3 N–H and O–H groups in total. The Morgan fingerprint density at radius 1 is 1.20 bits per heavy atom. The number of nitrogens with one attached hydrogen (secondary N) is 1. The van der Waals surface area contributed by atoms with Crippen molar-refractivity contribution >= 4 is 5.69 Å². The Hall–Kier alpha value is -1.38. The Morgan fingerprint density at radius 2 is 1.85 bits per heavy atom. The molecule has 0 aromatic carbocycles. The van der Waals surface area contributed by atoms with Crippen LogP contribution in [0.5, 0.6) is 0 Å². The van der Waals surface area contributed by atoms with Crippen molar-refractivity contribution < 1.29 is 13.2 Å². The summed E-state index contributed by atoms with van der Waals surface area (Å²) in [6.07, 6.45) is -2.46. The molecule has 8 heteroatoms. The van der Waals surface area contributed by atoms with E-state index in [9.17, 15) is 13.2 Å². The molecule has 0 atom stereocenters. The van der Waals surface area contributed by atoms with Gasteiger partial charge in [-0.3, -0.25) is 20.6 Å². The highest BCUT2D eigenvalue weighted by Crippen LogP contribution is 2.18. The number of piperazine rings is 1. The van der Waals surface area contributed by atoms with Crippen LogP contribution < -0.4 is 11.3 Å². The van der Waals surface area contributed by atoms with E-state index in [1.54, 1.807) is 12.3 Å². The fraction of sp³-hybridized carbons (Fsp3) is 0.583. The van der Waals surface area contributed by atoms with Crippen LogP contribution in [-0.4, -0.2) is 53.7 Å². The van der Waals surface area contributed by atoms with Crippen LogP contribution in [0.15, 0.2) is 18.3 Å². The standard InChI is InChI=1S/C12H18F3N5/c13-12(14,15)9-20-5-3-19(4-6-20)8-11-7-10(18-16)1-2-17-11/h1-2,7H,3-6,8-9,16H2,(H,17,18). The topological polar surface area (TPSA) is 57.4 Å². The number of nitrogens with two attached hydrogens (primary N) is 1. The van der Waals surface area contributed by atoms with Gasteiger partial charge in [0.25, 0.3) is 0 Å². The number of nitrogen functional groups attached to an aromatic ring is 1. The summed E-state index contributed by atoms with van der Waals surface area (Å²) in [5.74, 6) is 5.32. The van der Waals surface area contributed by atoms with Gasteiger partial charge in [0.15, 0.2) is 0 Å². The second-order valence-corrected chi connectivity index (χ2v) is 4.85. The van der Waals surface area contributed by atoms with Crippen LogP contribution in [0.2, 0.25) is 0 Å². The maximum Gasteiger partial charge on any atom is 0.401 e. The molecule has 0 radical (unpaired) electrons. The van der Waals surface area contributed by atoms with Gasteiger partial charge < -0.3 is 5.43 Å². The maximum atomic E-state index is 12.3. The number of halogens is 3. The number of pyridine rings is 1. The molecule has 112 valence electrons. The van der Waals surface area contributed by atoms with E-state index in [0.29, 0.717) is 32.7 Å². The number of nitrogens with zero attached hydrogens (tertiary/aromatic N) is 3. The van der Waals surface area contributed by atoms with Crippen molar-refractivity contribution in [1.82, 2.24) is 14.8 Å². The number of hydrogen-bond acceptors (Lipinski definition) is 5. The van der Waals surface area contributed by atoms with Crippen LogP contribution in [-0.2, 0) is 6.54 Å². The van der Waals surface area contributed by atoms with Gasteiger partial charge in [-0.25, -0.2) is 0 Å². The summed E-state index contributed by atoms with van der Waals surface area (Å²) in [4.78, 5) is 7.75. The molecule has 20 heavy (non-hydrogen) atoms. The zero-order valence-corrected chi connectivity index (χ0v) is 11.0. The minimum Gasteiger partial charge on any atom is -0.324 e. The van der Waals surface area contributed by atoms with Gasteiger partial charge in [-0.15, -0.1) is 0 Å². The molecule has 1 fully saturated rings. The minimum absolute atomic E-state index is 0.425. The molecule has 0 amide bonds. The first-order valence-electron chi connectivity index (χ1n) is 6.39. The van der Waals surface area contributed by atoms with Crippen molar-refractivity contribution in [1.29, 1.82) is 0 Å². The van der Waals surface area contributed by atoms with E-state index in [2.05, 4.69) is 15.3 Å². The van der Waals surface area contributed by atoms with Crippen molar-refractivity contribution in [3.05, 3.63) is 24.0 Å². The quantitative estimate of drug-likeness (QED) is 0.641. The van der Waals surface area contributed by atoms with Crippen LogP contribution in [0.4, 0.5) is 18.9 Å². The van der Waals surface area contributed by atoms with Crippen LogP contribution in [0, 0.1) is 0 Å². The van der Waals surface area contributed by atoms with Gasteiger partial charge in [-0.05, 0) is 12.1 Å². The Kier molecular flexibility index (Phi) is 4.79. The van der Waals surface area contributed by atoms with Crippen LogP contribution in [0.1, 0.15) is 5.69 Å².